The minimum Gasteiger partial charge on any atom is -0.454 e. The van der Waals surface area contributed by atoms with Crippen LogP contribution >= 0.6 is 23.5 Å². The van der Waals surface area contributed by atoms with Crippen LogP contribution in [0.15, 0.2) is 147 Å². The van der Waals surface area contributed by atoms with Gasteiger partial charge in [0.15, 0.2) is 5.76 Å². The van der Waals surface area contributed by atoms with Gasteiger partial charge in [-0.25, -0.2) is 4.99 Å². The molecule has 152 valence electrons. The number of para-hydroxylation sites is 2. The molecule has 0 N–H and O–H groups in total. The Morgan fingerprint density at radius 2 is 1.13 bits per heavy atom. The first-order chi connectivity index (χ1) is 15.4. The van der Waals surface area contributed by atoms with Gasteiger partial charge in [0.05, 0.1) is 5.69 Å². The van der Waals surface area contributed by atoms with Crippen LogP contribution in [-0.2, 0) is 0 Å². The molecular weight excluding hydrogens is 418 g/mol. The Morgan fingerprint density at radius 3 is 1.74 bits per heavy atom. The number of thioether (sulfide) groups is 2. The first-order valence-electron chi connectivity index (χ1n) is 9.88. The second-order valence-electron chi connectivity index (χ2n) is 6.50. The average Bonchev–Trinajstić information content (AvgIpc) is 2.84. The van der Waals surface area contributed by atoms with Crippen molar-refractivity contribution in [3.05, 3.63) is 132 Å². The predicted octanol–water partition coefficient (Wildman–Crippen LogP) is 8.22. The maximum atomic E-state index is 6.33. The number of hydrogen-bond donors (Lipinski definition) is 0. The van der Waals surface area contributed by atoms with Gasteiger partial charge in [-0.05, 0) is 48.5 Å². The predicted molar refractivity (Wildman–Crippen MR) is 133 cm³/mol. The molecule has 0 radical (unpaired) electrons. The molecule has 0 heterocycles. The van der Waals surface area contributed by atoms with Gasteiger partial charge in [-0.2, -0.15) is 0 Å². The van der Waals surface area contributed by atoms with Gasteiger partial charge < -0.3 is 4.74 Å². The molecule has 31 heavy (non-hydrogen) atoms. The van der Waals surface area contributed by atoms with Crippen LogP contribution in [0.25, 0.3) is 0 Å². The van der Waals surface area contributed by atoms with Gasteiger partial charge in [0, 0.05) is 15.2 Å². The molecule has 4 rings (SSSR count). The average molecular weight is 440 g/mol. The van der Waals surface area contributed by atoms with E-state index in [4.69, 9.17) is 9.73 Å². The van der Waals surface area contributed by atoms with Crippen LogP contribution in [0.2, 0.25) is 0 Å². The van der Waals surface area contributed by atoms with Crippen molar-refractivity contribution in [2.75, 3.05) is 0 Å². The minimum absolute atomic E-state index is 0.706. The third kappa shape index (κ3) is 6.64. The quantitative estimate of drug-likeness (QED) is 0.125. The molecule has 0 amide bonds. The van der Waals surface area contributed by atoms with E-state index in [1.54, 1.807) is 23.5 Å². The highest BCUT2D eigenvalue weighted by Gasteiger charge is 2.14. The van der Waals surface area contributed by atoms with Crippen molar-refractivity contribution in [3.8, 4) is 5.75 Å². The van der Waals surface area contributed by atoms with E-state index in [-0.39, 0.29) is 0 Å². The maximum Gasteiger partial charge on any atom is 0.166 e. The maximum absolute atomic E-state index is 6.33. The van der Waals surface area contributed by atoms with Crippen molar-refractivity contribution in [2.24, 2.45) is 4.99 Å². The standard InChI is InChI=1S/C27H21NOS2/c1-5-13-22(14-6-1)28-27(31-25-19-11-4-12-20-25)26(29-23-15-7-2-8-16-23)21-30-24-17-9-3-10-18-24/h1-21H/b26-21-,28-27?. The number of benzene rings is 4. The molecule has 2 nitrogen and oxygen atoms in total. The summed E-state index contributed by atoms with van der Waals surface area (Å²) in [6.45, 7) is 0. The molecule has 0 bridgehead atoms. The highest BCUT2D eigenvalue weighted by atomic mass is 32.2. The summed E-state index contributed by atoms with van der Waals surface area (Å²) < 4.78 is 6.33. The SMILES string of the molecule is C(/Sc1ccccc1)=C(/Oc1ccccc1)C(=Nc1ccccc1)Sc1ccccc1. The van der Waals surface area contributed by atoms with Crippen molar-refractivity contribution >= 4 is 34.3 Å². The summed E-state index contributed by atoms with van der Waals surface area (Å²) in [5.74, 6) is 1.48. The highest BCUT2D eigenvalue weighted by Crippen LogP contribution is 2.30. The lowest BCUT2D eigenvalue weighted by Crippen LogP contribution is -2.05. The molecule has 4 aromatic carbocycles. The summed E-state index contributed by atoms with van der Waals surface area (Å²) >= 11 is 3.21. The van der Waals surface area contributed by atoms with Crippen LogP contribution in [0.1, 0.15) is 0 Å². The minimum atomic E-state index is 0.706. The summed E-state index contributed by atoms with van der Waals surface area (Å²) in [6.07, 6.45) is 0. The fourth-order valence-electron chi connectivity index (χ4n) is 2.70. The smallest absolute Gasteiger partial charge is 0.166 e. The number of aliphatic imine (C=N–C) groups is 1. The Hall–Kier alpha value is -3.21. The van der Waals surface area contributed by atoms with E-state index in [2.05, 4.69) is 24.3 Å². The first-order valence-corrected chi connectivity index (χ1v) is 11.6. The Kier molecular flexibility index (Phi) is 7.64. The van der Waals surface area contributed by atoms with Gasteiger partial charge in [0.1, 0.15) is 10.8 Å². The normalized spacial score (nSPS) is 11.9. The fraction of sp³-hybridized carbons (Fsp3) is 0. The molecule has 4 heteroatoms. The molecule has 0 saturated carbocycles. The van der Waals surface area contributed by atoms with Crippen LogP contribution in [0.3, 0.4) is 0 Å². The number of ether oxygens (including phenoxy) is 1. The van der Waals surface area contributed by atoms with Gasteiger partial charge >= 0.3 is 0 Å². The molecule has 0 unspecified atom stereocenters. The van der Waals surface area contributed by atoms with E-state index in [1.807, 2.05) is 102 Å². The van der Waals surface area contributed by atoms with Crippen LogP contribution < -0.4 is 4.74 Å². The van der Waals surface area contributed by atoms with Crippen molar-refractivity contribution in [2.45, 2.75) is 9.79 Å². The molecule has 0 aliphatic carbocycles. The third-order valence-electron chi connectivity index (χ3n) is 4.17. The Morgan fingerprint density at radius 1 is 0.613 bits per heavy atom. The molecule has 0 fully saturated rings. The highest BCUT2D eigenvalue weighted by molar-refractivity contribution is 8.14. The van der Waals surface area contributed by atoms with Crippen molar-refractivity contribution in [1.29, 1.82) is 0 Å². The van der Waals surface area contributed by atoms with Crippen molar-refractivity contribution in [3.63, 3.8) is 0 Å². The van der Waals surface area contributed by atoms with Crippen molar-refractivity contribution < 1.29 is 4.74 Å². The van der Waals surface area contributed by atoms with E-state index in [9.17, 15) is 0 Å². The third-order valence-corrected chi connectivity index (χ3v) is 6.04. The molecule has 0 saturated heterocycles. The van der Waals surface area contributed by atoms with Gasteiger partial charge in [0.25, 0.3) is 0 Å². The lowest BCUT2D eigenvalue weighted by Gasteiger charge is -2.13. The zero-order chi connectivity index (χ0) is 21.1. The molecule has 4 aromatic rings. The monoisotopic (exact) mass is 439 g/mol. The zero-order valence-corrected chi connectivity index (χ0v) is 18.4. The lowest BCUT2D eigenvalue weighted by atomic mass is 10.3. The summed E-state index contributed by atoms with van der Waals surface area (Å²) in [5.41, 5.74) is 0.883. The number of hydrogen-bond acceptors (Lipinski definition) is 4. The van der Waals surface area contributed by atoms with Gasteiger partial charge in [0.2, 0.25) is 0 Å². The molecule has 0 atom stereocenters. The Labute approximate surface area is 191 Å². The van der Waals surface area contributed by atoms with Crippen LogP contribution in [0, 0.1) is 0 Å². The molecule has 0 aromatic heterocycles. The molecule has 0 spiro atoms. The van der Waals surface area contributed by atoms with Crippen molar-refractivity contribution in [1.82, 2.24) is 0 Å². The zero-order valence-electron chi connectivity index (χ0n) is 16.8. The summed E-state index contributed by atoms with van der Waals surface area (Å²) in [4.78, 5) is 7.18. The fourth-order valence-corrected chi connectivity index (χ4v) is 4.36. The summed E-state index contributed by atoms with van der Waals surface area (Å²) in [7, 11) is 0. The van der Waals surface area contributed by atoms with E-state index in [0.29, 0.717) is 5.76 Å². The lowest BCUT2D eigenvalue weighted by molar-refractivity contribution is 0.457. The Balaban J connectivity index is 1.73. The summed E-state index contributed by atoms with van der Waals surface area (Å²) in [5, 5.41) is 2.82. The van der Waals surface area contributed by atoms with E-state index in [1.165, 1.54) is 0 Å². The first kappa shape index (κ1) is 21.0. The van der Waals surface area contributed by atoms with Gasteiger partial charge in [-0.3, -0.25) is 0 Å². The van der Waals surface area contributed by atoms with Crippen LogP contribution in [0.4, 0.5) is 5.69 Å². The number of nitrogens with zero attached hydrogens (tertiary/aromatic N) is 1. The molecular formula is C27H21NOS2. The Bertz CT molecular complexity index is 1130. The molecule has 0 aliphatic heterocycles. The van der Waals surface area contributed by atoms with Gasteiger partial charge in [-0.1, -0.05) is 96.3 Å². The second kappa shape index (κ2) is 11.3. The van der Waals surface area contributed by atoms with E-state index < -0.39 is 0 Å². The van der Waals surface area contributed by atoms with Gasteiger partial charge in [-0.15, -0.1) is 0 Å². The van der Waals surface area contributed by atoms with E-state index >= 15 is 0 Å². The molecule has 0 aliphatic rings. The number of rotatable bonds is 7. The van der Waals surface area contributed by atoms with Crippen LogP contribution in [-0.4, -0.2) is 5.04 Å². The topological polar surface area (TPSA) is 21.6 Å². The van der Waals surface area contributed by atoms with Crippen LogP contribution in [0.5, 0.6) is 5.75 Å². The second-order valence-corrected chi connectivity index (χ2v) is 8.50. The van der Waals surface area contributed by atoms with E-state index in [0.717, 1.165) is 26.3 Å². The largest absolute Gasteiger partial charge is 0.454 e. The summed E-state index contributed by atoms with van der Waals surface area (Å²) in [6, 6.07) is 40.3.